The summed E-state index contributed by atoms with van der Waals surface area (Å²) in [6.45, 7) is 4.24. The summed E-state index contributed by atoms with van der Waals surface area (Å²) < 4.78 is 0. The highest BCUT2D eigenvalue weighted by molar-refractivity contribution is 5.76. The molecule has 426 valence electrons. The van der Waals surface area contributed by atoms with Crippen molar-refractivity contribution in [3.8, 4) is 0 Å². The van der Waals surface area contributed by atoms with E-state index in [-0.39, 0.29) is 12.5 Å². The molecule has 5 heteroatoms. The standard InChI is InChI=1S/C66H133NO4/c1-3-5-7-9-11-13-15-17-19-21-23-25-27-28-29-30-31-32-33-34-35-36-37-38-39-41-43-45-47-49-51-53-55-57-59-61-65(70)67-63(62-68)66(71)64(69)60-58-56-54-52-50-48-46-44-42-40-26-24-22-20-18-16-14-12-10-8-6-4-2/h63-64,66,68-69,71H,3-62H2,1-2H3,(H,67,70). The van der Waals surface area contributed by atoms with E-state index >= 15 is 0 Å². The Morgan fingerprint density at radius 2 is 0.479 bits per heavy atom. The first-order valence-corrected chi connectivity index (χ1v) is 33.3. The number of aliphatic hydroxyl groups is 3. The monoisotopic (exact) mass is 1000 g/mol. The fourth-order valence-corrected chi connectivity index (χ4v) is 11.1. The van der Waals surface area contributed by atoms with E-state index in [2.05, 4.69) is 19.2 Å². The Bertz CT molecular complexity index is 975. The second-order valence-corrected chi connectivity index (χ2v) is 23.4. The number of carbonyl (C=O) groups is 1. The first kappa shape index (κ1) is 70.3. The Balaban J connectivity index is 3.42. The van der Waals surface area contributed by atoms with Crippen LogP contribution in [0, 0.1) is 0 Å². The average molecular weight is 1000 g/mol. The number of nitrogens with one attached hydrogen (secondary N) is 1. The number of rotatable bonds is 63. The molecule has 0 heterocycles. The minimum Gasteiger partial charge on any atom is -0.394 e. The molecule has 0 aliphatic heterocycles. The van der Waals surface area contributed by atoms with Crippen molar-refractivity contribution >= 4 is 5.91 Å². The molecule has 0 aromatic heterocycles. The summed E-state index contributed by atoms with van der Waals surface area (Å²) in [7, 11) is 0. The van der Waals surface area contributed by atoms with Crippen molar-refractivity contribution in [2.24, 2.45) is 0 Å². The van der Waals surface area contributed by atoms with Crippen molar-refractivity contribution < 1.29 is 20.1 Å². The Morgan fingerprint density at radius 1 is 0.296 bits per heavy atom. The van der Waals surface area contributed by atoms with Crippen molar-refractivity contribution in [3.63, 3.8) is 0 Å². The van der Waals surface area contributed by atoms with Gasteiger partial charge in [-0.15, -0.1) is 0 Å². The average Bonchev–Trinajstić information content (AvgIpc) is 3.37. The quantitative estimate of drug-likeness (QED) is 0.0457. The Hall–Kier alpha value is -0.650. The lowest BCUT2D eigenvalue weighted by atomic mass is 9.99. The molecule has 0 spiro atoms. The van der Waals surface area contributed by atoms with Crippen molar-refractivity contribution in [2.75, 3.05) is 6.61 Å². The molecule has 0 aliphatic carbocycles. The van der Waals surface area contributed by atoms with Crippen LogP contribution in [0.15, 0.2) is 0 Å². The molecule has 1 amide bonds. The summed E-state index contributed by atoms with van der Waals surface area (Å²) in [4.78, 5) is 12.6. The number of hydrogen-bond acceptors (Lipinski definition) is 4. The summed E-state index contributed by atoms with van der Waals surface area (Å²) in [5, 5.41) is 33.9. The largest absolute Gasteiger partial charge is 0.394 e. The first-order valence-electron chi connectivity index (χ1n) is 33.3. The molecule has 4 N–H and O–H groups in total. The van der Waals surface area contributed by atoms with Crippen LogP contribution >= 0.6 is 0 Å². The second kappa shape index (κ2) is 61.9. The lowest BCUT2D eigenvalue weighted by Gasteiger charge is -2.26. The Morgan fingerprint density at radius 3 is 0.676 bits per heavy atom. The zero-order valence-corrected chi connectivity index (χ0v) is 48.9. The van der Waals surface area contributed by atoms with Gasteiger partial charge in [0.2, 0.25) is 5.91 Å². The van der Waals surface area contributed by atoms with E-state index < -0.39 is 18.2 Å². The summed E-state index contributed by atoms with van der Waals surface area (Å²) in [6, 6.07) is -0.805. The van der Waals surface area contributed by atoms with Crippen LogP contribution in [0.1, 0.15) is 393 Å². The Labute approximate surface area is 447 Å². The molecule has 71 heavy (non-hydrogen) atoms. The molecule has 0 saturated carbocycles. The van der Waals surface area contributed by atoms with Gasteiger partial charge in [0.25, 0.3) is 0 Å². The maximum Gasteiger partial charge on any atom is 0.220 e. The highest BCUT2D eigenvalue weighted by Gasteiger charge is 2.26. The minimum atomic E-state index is -1.13. The molecule has 0 saturated heterocycles. The van der Waals surface area contributed by atoms with Crippen LogP contribution < -0.4 is 5.32 Å². The molecule has 0 bridgehead atoms. The summed E-state index contributed by atoms with van der Waals surface area (Å²) in [6.07, 6.45) is 77.4. The molecule has 3 unspecified atom stereocenters. The number of amides is 1. The fraction of sp³-hybridized carbons (Fsp3) is 0.985. The zero-order valence-electron chi connectivity index (χ0n) is 48.9. The number of hydrogen-bond donors (Lipinski definition) is 4. The lowest BCUT2D eigenvalue weighted by Crippen LogP contribution is -2.50. The van der Waals surface area contributed by atoms with E-state index in [0.29, 0.717) is 12.8 Å². The van der Waals surface area contributed by atoms with Gasteiger partial charge < -0.3 is 20.6 Å². The van der Waals surface area contributed by atoms with Gasteiger partial charge >= 0.3 is 0 Å². The van der Waals surface area contributed by atoms with Crippen LogP contribution in [0.2, 0.25) is 0 Å². The SMILES string of the molecule is CCCCCCCCCCCCCCCCCCCCCCCCCCCCCCCCCCCCCC(=O)NC(CO)C(O)C(O)CCCCCCCCCCCCCCCCCCCCCCCC. The molecular formula is C66H133NO4. The van der Waals surface area contributed by atoms with Crippen LogP contribution in [0.25, 0.3) is 0 Å². The van der Waals surface area contributed by atoms with Gasteiger partial charge in [0.15, 0.2) is 0 Å². The van der Waals surface area contributed by atoms with Gasteiger partial charge in [0.05, 0.1) is 18.8 Å². The molecule has 0 rings (SSSR count). The lowest BCUT2D eigenvalue weighted by molar-refractivity contribution is -0.124. The van der Waals surface area contributed by atoms with E-state index in [9.17, 15) is 20.1 Å². The fourth-order valence-electron chi connectivity index (χ4n) is 11.1. The number of carbonyl (C=O) groups excluding carboxylic acids is 1. The van der Waals surface area contributed by atoms with Crippen LogP contribution in [0.3, 0.4) is 0 Å². The van der Waals surface area contributed by atoms with Crippen molar-refractivity contribution in [1.82, 2.24) is 5.32 Å². The van der Waals surface area contributed by atoms with Gasteiger partial charge in [-0.2, -0.15) is 0 Å². The third-order valence-corrected chi connectivity index (χ3v) is 16.2. The third kappa shape index (κ3) is 56.9. The van der Waals surface area contributed by atoms with Crippen molar-refractivity contribution in [1.29, 1.82) is 0 Å². The van der Waals surface area contributed by atoms with E-state index in [0.717, 1.165) is 32.1 Å². The van der Waals surface area contributed by atoms with Gasteiger partial charge in [-0.3, -0.25) is 4.79 Å². The topological polar surface area (TPSA) is 89.8 Å². The second-order valence-electron chi connectivity index (χ2n) is 23.4. The highest BCUT2D eigenvalue weighted by Crippen LogP contribution is 2.20. The van der Waals surface area contributed by atoms with Crippen LogP contribution in [0.5, 0.6) is 0 Å². The van der Waals surface area contributed by atoms with E-state index in [1.54, 1.807) is 0 Å². The first-order chi connectivity index (χ1) is 35.1. The molecule has 3 atom stereocenters. The molecule has 0 radical (unpaired) electrons. The Kier molecular flexibility index (Phi) is 61.3. The molecular weight excluding hydrogens is 871 g/mol. The molecule has 5 nitrogen and oxygen atoms in total. The smallest absolute Gasteiger partial charge is 0.220 e. The maximum absolute atomic E-state index is 12.6. The van der Waals surface area contributed by atoms with E-state index in [1.165, 1.54) is 334 Å². The van der Waals surface area contributed by atoms with Crippen LogP contribution in [0.4, 0.5) is 0 Å². The van der Waals surface area contributed by atoms with Crippen molar-refractivity contribution in [2.45, 2.75) is 411 Å². The van der Waals surface area contributed by atoms with Crippen LogP contribution in [-0.4, -0.2) is 46.1 Å². The van der Waals surface area contributed by atoms with E-state index in [4.69, 9.17) is 0 Å². The normalized spacial score (nSPS) is 13.0. The van der Waals surface area contributed by atoms with Gasteiger partial charge in [0.1, 0.15) is 6.10 Å². The molecule has 0 aromatic rings. The van der Waals surface area contributed by atoms with E-state index in [1.807, 2.05) is 0 Å². The predicted octanol–water partition coefficient (Wildman–Crippen LogP) is 21.2. The van der Waals surface area contributed by atoms with Gasteiger partial charge in [-0.1, -0.05) is 373 Å². The van der Waals surface area contributed by atoms with Gasteiger partial charge in [-0.05, 0) is 12.8 Å². The van der Waals surface area contributed by atoms with Gasteiger partial charge in [-0.25, -0.2) is 0 Å². The zero-order chi connectivity index (χ0) is 51.4. The highest BCUT2D eigenvalue weighted by atomic mass is 16.3. The van der Waals surface area contributed by atoms with Crippen molar-refractivity contribution in [3.05, 3.63) is 0 Å². The van der Waals surface area contributed by atoms with Gasteiger partial charge in [0, 0.05) is 6.42 Å². The number of aliphatic hydroxyl groups excluding tert-OH is 3. The minimum absolute atomic E-state index is 0.134. The molecule has 0 aromatic carbocycles. The molecule has 0 aliphatic rings. The summed E-state index contributed by atoms with van der Waals surface area (Å²) >= 11 is 0. The third-order valence-electron chi connectivity index (χ3n) is 16.2. The number of unbranched alkanes of at least 4 members (excludes halogenated alkanes) is 55. The van der Waals surface area contributed by atoms with Crippen LogP contribution in [-0.2, 0) is 4.79 Å². The maximum atomic E-state index is 12.6. The molecule has 0 fully saturated rings. The predicted molar refractivity (Wildman–Crippen MR) is 315 cm³/mol. The summed E-state index contributed by atoms with van der Waals surface area (Å²) in [5.41, 5.74) is 0. The summed E-state index contributed by atoms with van der Waals surface area (Å²) in [5.74, 6) is -0.134.